The van der Waals surface area contributed by atoms with E-state index in [1.54, 1.807) is 0 Å². The van der Waals surface area contributed by atoms with Crippen molar-refractivity contribution in [2.24, 2.45) is 5.73 Å². The van der Waals surface area contributed by atoms with Crippen LogP contribution < -0.4 is 5.73 Å². The van der Waals surface area contributed by atoms with Crippen LogP contribution in [0.15, 0.2) is 42.6 Å². The topological polar surface area (TPSA) is 56.7 Å². The number of fused-ring (bicyclic) bond motifs is 1. The van der Waals surface area contributed by atoms with Gasteiger partial charge in [-0.3, -0.25) is 9.67 Å². The van der Waals surface area contributed by atoms with E-state index >= 15 is 0 Å². The fraction of sp³-hybridized carbons (Fsp3) is 0.294. The third kappa shape index (κ3) is 2.54. The number of aryl methyl sites for hydroxylation is 2. The first-order valence-electron chi connectivity index (χ1n) is 7.39. The van der Waals surface area contributed by atoms with E-state index in [9.17, 15) is 0 Å². The third-order valence-electron chi connectivity index (χ3n) is 3.83. The molecule has 0 fully saturated rings. The number of aromatic nitrogens is 3. The maximum absolute atomic E-state index is 6.46. The summed E-state index contributed by atoms with van der Waals surface area (Å²) in [5, 5.41) is 5.71. The minimum atomic E-state index is -0.177. The van der Waals surface area contributed by atoms with Gasteiger partial charge in [-0.25, -0.2) is 0 Å². The molecule has 2 aromatic heterocycles. The van der Waals surface area contributed by atoms with Gasteiger partial charge in [0.25, 0.3) is 0 Å². The summed E-state index contributed by atoms with van der Waals surface area (Å²) in [5.41, 5.74) is 10.7. The van der Waals surface area contributed by atoms with Crippen molar-refractivity contribution >= 4 is 10.9 Å². The summed E-state index contributed by atoms with van der Waals surface area (Å²) >= 11 is 0. The second kappa shape index (κ2) is 5.66. The molecule has 0 saturated heterocycles. The molecule has 4 nitrogen and oxygen atoms in total. The van der Waals surface area contributed by atoms with E-state index in [-0.39, 0.29) is 6.04 Å². The van der Waals surface area contributed by atoms with Gasteiger partial charge in [0.1, 0.15) is 0 Å². The second-order valence-electron chi connectivity index (χ2n) is 5.16. The van der Waals surface area contributed by atoms with Crippen molar-refractivity contribution in [2.75, 3.05) is 0 Å². The summed E-state index contributed by atoms with van der Waals surface area (Å²) in [6.45, 7) is 5.02. The summed E-state index contributed by atoms with van der Waals surface area (Å²) < 4.78 is 1.99. The number of hydrogen-bond acceptors (Lipinski definition) is 3. The van der Waals surface area contributed by atoms with Crippen LogP contribution in [0, 0.1) is 0 Å². The standard InChI is InChI=1S/C17H20N4/c1-3-14-11-16(21(4-2)20-14)17(18)13-8-7-12-6-5-9-19-15(12)10-13/h5-11,17H,3-4,18H2,1-2H3. The molecule has 0 bridgehead atoms. The summed E-state index contributed by atoms with van der Waals surface area (Å²) in [6.07, 6.45) is 2.73. The summed E-state index contributed by atoms with van der Waals surface area (Å²) in [6, 6.07) is 12.2. The van der Waals surface area contributed by atoms with Crippen molar-refractivity contribution in [1.29, 1.82) is 0 Å². The highest BCUT2D eigenvalue weighted by molar-refractivity contribution is 5.79. The van der Waals surface area contributed by atoms with E-state index in [0.717, 1.165) is 40.8 Å². The predicted molar refractivity (Wildman–Crippen MR) is 85.1 cm³/mol. The molecule has 0 aliphatic carbocycles. The molecule has 0 radical (unpaired) electrons. The summed E-state index contributed by atoms with van der Waals surface area (Å²) in [5.74, 6) is 0. The number of nitrogens with two attached hydrogens (primary N) is 1. The van der Waals surface area contributed by atoms with E-state index < -0.39 is 0 Å². The quantitative estimate of drug-likeness (QED) is 0.799. The molecule has 3 aromatic rings. The van der Waals surface area contributed by atoms with Gasteiger partial charge in [0, 0.05) is 18.1 Å². The van der Waals surface area contributed by atoms with Crippen LogP contribution in [0.3, 0.4) is 0 Å². The maximum Gasteiger partial charge on any atom is 0.0724 e. The molecule has 0 amide bonds. The molecule has 0 saturated carbocycles. The number of benzene rings is 1. The molecule has 3 rings (SSSR count). The lowest BCUT2D eigenvalue weighted by Crippen LogP contribution is -2.17. The number of nitrogens with zero attached hydrogens (tertiary/aromatic N) is 3. The Balaban J connectivity index is 2.03. The zero-order valence-corrected chi connectivity index (χ0v) is 12.5. The minimum Gasteiger partial charge on any atom is -0.319 e. The lowest BCUT2D eigenvalue weighted by atomic mass is 10.0. The van der Waals surface area contributed by atoms with Crippen molar-refractivity contribution in [3.63, 3.8) is 0 Å². The van der Waals surface area contributed by atoms with Crippen LogP contribution in [0.25, 0.3) is 10.9 Å². The maximum atomic E-state index is 6.46. The zero-order valence-electron chi connectivity index (χ0n) is 12.5. The molecule has 0 aliphatic heterocycles. The van der Waals surface area contributed by atoms with Gasteiger partial charge < -0.3 is 5.73 Å². The van der Waals surface area contributed by atoms with Gasteiger partial charge in [-0.2, -0.15) is 5.10 Å². The van der Waals surface area contributed by atoms with Crippen LogP contribution in [-0.2, 0) is 13.0 Å². The second-order valence-corrected chi connectivity index (χ2v) is 5.16. The van der Waals surface area contributed by atoms with Crippen molar-refractivity contribution in [1.82, 2.24) is 14.8 Å². The molecular weight excluding hydrogens is 260 g/mol. The summed E-state index contributed by atoms with van der Waals surface area (Å²) in [4.78, 5) is 4.40. The first-order valence-corrected chi connectivity index (χ1v) is 7.39. The van der Waals surface area contributed by atoms with Crippen LogP contribution in [0.5, 0.6) is 0 Å². The van der Waals surface area contributed by atoms with E-state index in [1.165, 1.54) is 0 Å². The smallest absolute Gasteiger partial charge is 0.0724 e. The fourth-order valence-corrected chi connectivity index (χ4v) is 2.61. The van der Waals surface area contributed by atoms with Crippen LogP contribution in [-0.4, -0.2) is 14.8 Å². The first-order chi connectivity index (χ1) is 10.2. The Morgan fingerprint density at radius 1 is 1.19 bits per heavy atom. The Labute approximate surface area is 124 Å². The van der Waals surface area contributed by atoms with Gasteiger partial charge in [0.2, 0.25) is 0 Å². The van der Waals surface area contributed by atoms with Crippen molar-refractivity contribution in [3.05, 3.63) is 59.5 Å². The lowest BCUT2D eigenvalue weighted by molar-refractivity contribution is 0.595. The Bertz CT molecular complexity index is 760. The molecular formula is C17H20N4. The average Bonchev–Trinajstić information content (AvgIpc) is 2.97. The van der Waals surface area contributed by atoms with E-state index in [4.69, 9.17) is 5.73 Å². The average molecular weight is 280 g/mol. The van der Waals surface area contributed by atoms with Gasteiger partial charge in [-0.1, -0.05) is 25.1 Å². The van der Waals surface area contributed by atoms with Gasteiger partial charge >= 0.3 is 0 Å². The Morgan fingerprint density at radius 2 is 2.05 bits per heavy atom. The SMILES string of the molecule is CCc1cc(C(N)c2ccc3cccnc3c2)n(CC)n1. The van der Waals surface area contributed by atoms with Gasteiger partial charge in [-0.15, -0.1) is 0 Å². The molecule has 108 valence electrons. The molecule has 1 atom stereocenters. The third-order valence-corrected chi connectivity index (χ3v) is 3.83. The van der Waals surface area contributed by atoms with Crippen molar-refractivity contribution in [3.8, 4) is 0 Å². The van der Waals surface area contributed by atoms with Crippen LogP contribution in [0.2, 0.25) is 0 Å². The molecule has 0 aliphatic rings. The monoisotopic (exact) mass is 280 g/mol. The van der Waals surface area contributed by atoms with Crippen LogP contribution in [0.4, 0.5) is 0 Å². The van der Waals surface area contributed by atoms with Crippen molar-refractivity contribution in [2.45, 2.75) is 32.9 Å². The highest BCUT2D eigenvalue weighted by atomic mass is 15.3. The molecule has 4 heteroatoms. The summed E-state index contributed by atoms with van der Waals surface area (Å²) in [7, 11) is 0. The van der Waals surface area contributed by atoms with E-state index in [0.29, 0.717) is 0 Å². The van der Waals surface area contributed by atoms with E-state index in [2.05, 4.69) is 54.3 Å². The molecule has 1 aromatic carbocycles. The van der Waals surface area contributed by atoms with Crippen molar-refractivity contribution < 1.29 is 0 Å². The minimum absolute atomic E-state index is 0.177. The number of hydrogen-bond donors (Lipinski definition) is 1. The van der Waals surface area contributed by atoms with Gasteiger partial charge in [0.15, 0.2) is 0 Å². The van der Waals surface area contributed by atoms with Crippen LogP contribution >= 0.6 is 0 Å². The zero-order chi connectivity index (χ0) is 14.8. The molecule has 21 heavy (non-hydrogen) atoms. The highest BCUT2D eigenvalue weighted by Crippen LogP contribution is 2.23. The van der Waals surface area contributed by atoms with Crippen LogP contribution in [0.1, 0.15) is 36.8 Å². The van der Waals surface area contributed by atoms with Gasteiger partial charge in [-0.05, 0) is 37.1 Å². The first kappa shape index (κ1) is 13.8. The van der Waals surface area contributed by atoms with E-state index in [1.807, 2.05) is 16.9 Å². The predicted octanol–water partition coefficient (Wildman–Crippen LogP) is 3.06. The Kier molecular flexibility index (Phi) is 3.71. The Hall–Kier alpha value is -2.20. The number of pyridine rings is 1. The fourth-order valence-electron chi connectivity index (χ4n) is 2.61. The molecule has 2 N–H and O–H groups in total. The highest BCUT2D eigenvalue weighted by Gasteiger charge is 2.16. The Morgan fingerprint density at radius 3 is 2.81 bits per heavy atom. The normalized spacial score (nSPS) is 12.7. The molecule has 2 heterocycles. The largest absolute Gasteiger partial charge is 0.319 e. The molecule has 1 unspecified atom stereocenters. The number of rotatable bonds is 4. The lowest BCUT2D eigenvalue weighted by Gasteiger charge is -2.14. The molecule has 0 spiro atoms. The van der Waals surface area contributed by atoms with Gasteiger partial charge in [0.05, 0.1) is 22.9 Å².